The summed E-state index contributed by atoms with van der Waals surface area (Å²) in [6, 6.07) is 11.5. The molecule has 9 heteroatoms. The van der Waals surface area contributed by atoms with E-state index in [1.807, 2.05) is 42.6 Å². The molecule has 1 saturated heterocycles. The third-order valence-electron chi connectivity index (χ3n) is 5.21. The van der Waals surface area contributed by atoms with Crippen molar-refractivity contribution < 1.29 is 13.9 Å². The Morgan fingerprint density at radius 3 is 2.81 bits per heavy atom. The van der Waals surface area contributed by atoms with Crippen LogP contribution in [0.1, 0.15) is 0 Å². The summed E-state index contributed by atoms with van der Waals surface area (Å²) in [5.74, 6) is 0.388. The molecule has 0 bridgehead atoms. The summed E-state index contributed by atoms with van der Waals surface area (Å²) >= 11 is 0. The van der Waals surface area contributed by atoms with Gasteiger partial charge in [0.2, 0.25) is 5.95 Å². The van der Waals surface area contributed by atoms with Crippen molar-refractivity contribution in [2.45, 2.75) is 0 Å². The van der Waals surface area contributed by atoms with Gasteiger partial charge < -0.3 is 19.7 Å². The highest BCUT2D eigenvalue weighted by Gasteiger charge is 2.17. The SMILES string of the molecule is COc1cc(N2CCOCC2)ccc1Nc1ncc(F)c(-c2cnc3ccccn23)n1. The average Bonchev–Trinajstić information content (AvgIpc) is 3.25. The van der Waals surface area contributed by atoms with Crippen molar-refractivity contribution in [1.82, 2.24) is 19.4 Å². The summed E-state index contributed by atoms with van der Waals surface area (Å²) in [6.07, 6.45) is 4.57. The molecule has 5 rings (SSSR count). The molecule has 3 aromatic heterocycles. The van der Waals surface area contributed by atoms with Crippen LogP contribution in [0.5, 0.6) is 5.75 Å². The van der Waals surface area contributed by atoms with Crippen LogP contribution in [0, 0.1) is 5.82 Å². The number of nitrogens with zero attached hydrogens (tertiary/aromatic N) is 5. The van der Waals surface area contributed by atoms with Crippen LogP contribution in [0.15, 0.2) is 55.0 Å². The molecule has 4 aromatic rings. The zero-order valence-corrected chi connectivity index (χ0v) is 17.0. The molecule has 31 heavy (non-hydrogen) atoms. The van der Waals surface area contributed by atoms with Gasteiger partial charge in [0, 0.05) is 31.0 Å². The van der Waals surface area contributed by atoms with E-state index in [1.54, 1.807) is 17.7 Å². The first-order valence-electron chi connectivity index (χ1n) is 9.96. The number of nitrogens with one attached hydrogen (secondary N) is 1. The lowest BCUT2D eigenvalue weighted by Crippen LogP contribution is -2.36. The molecule has 0 radical (unpaired) electrons. The fourth-order valence-corrected chi connectivity index (χ4v) is 3.64. The normalized spacial score (nSPS) is 14.1. The molecule has 8 nitrogen and oxygen atoms in total. The Balaban J connectivity index is 1.46. The summed E-state index contributed by atoms with van der Waals surface area (Å²) in [6.45, 7) is 3.08. The predicted molar refractivity (Wildman–Crippen MR) is 115 cm³/mol. The molecule has 1 aromatic carbocycles. The van der Waals surface area contributed by atoms with Gasteiger partial charge in [0.25, 0.3) is 0 Å². The minimum atomic E-state index is -0.522. The highest BCUT2D eigenvalue weighted by Crippen LogP contribution is 2.32. The number of hydrogen-bond donors (Lipinski definition) is 1. The van der Waals surface area contributed by atoms with Crippen LogP contribution in [0.2, 0.25) is 0 Å². The molecule has 1 fully saturated rings. The van der Waals surface area contributed by atoms with Crippen molar-refractivity contribution in [3.05, 3.63) is 60.8 Å². The number of ether oxygens (including phenoxy) is 2. The van der Waals surface area contributed by atoms with Crippen molar-refractivity contribution in [3.8, 4) is 17.1 Å². The number of halogens is 1. The number of morpholine rings is 1. The lowest BCUT2D eigenvalue weighted by molar-refractivity contribution is 0.122. The topological polar surface area (TPSA) is 76.8 Å². The maximum Gasteiger partial charge on any atom is 0.228 e. The van der Waals surface area contributed by atoms with Crippen LogP contribution in [0.4, 0.5) is 21.7 Å². The van der Waals surface area contributed by atoms with Crippen molar-refractivity contribution in [3.63, 3.8) is 0 Å². The fraction of sp³-hybridized carbons (Fsp3) is 0.227. The van der Waals surface area contributed by atoms with Gasteiger partial charge in [-0.05, 0) is 24.3 Å². The molecule has 1 N–H and O–H groups in total. The highest BCUT2D eigenvalue weighted by atomic mass is 19.1. The number of anilines is 3. The van der Waals surface area contributed by atoms with Crippen molar-refractivity contribution in [2.24, 2.45) is 0 Å². The van der Waals surface area contributed by atoms with E-state index >= 15 is 0 Å². The van der Waals surface area contributed by atoms with Crippen molar-refractivity contribution in [2.75, 3.05) is 43.6 Å². The van der Waals surface area contributed by atoms with Crippen LogP contribution in [-0.4, -0.2) is 52.8 Å². The number of aromatic nitrogens is 4. The summed E-state index contributed by atoms with van der Waals surface area (Å²) in [7, 11) is 1.61. The second-order valence-corrected chi connectivity index (χ2v) is 7.07. The largest absolute Gasteiger partial charge is 0.494 e. The van der Waals surface area contributed by atoms with Gasteiger partial charge in [-0.1, -0.05) is 6.07 Å². The van der Waals surface area contributed by atoms with Gasteiger partial charge in [-0.2, -0.15) is 0 Å². The van der Waals surface area contributed by atoms with E-state index in [2.05, 4.69) is 25.2 Å². The van der Waals surface area contributed by atoms with Gasteiger partial charge in [-0.15, -0.1) is 0 Å². The number of fused-ring (bicyclic) bond motifs is 1. The van der Waals surface area contributed by atoms with Crippen LogP contribution in [0.3, 0.4) is 0 Å². The smallest absolute Gasteiger partial charge is 0.228 e. The molecule has 0 unspecified atom stereocenters. The van der Waals surface area contributed by atoms with E-state index in [1.165, 1.54) is 0 Å². The molecule has 0 atom stereocenters. The summed E-state index contributed by atoms with van der Waals surface area (Å²) in [4.78, 5) is 15.1. The molecular formula is C22H21FN6O2. The Morgan fingerprint density at radius 1 is 1.10 bits per heavy atom. The van der Waals surface area contributed by atoms with Gasteiger partial charge in [-0.25, -0.2) is 19.3 Å². The summed E-state index contributed by atoms with van der Waals surface area (Å²) in [5, 5.41) is 3.14. The zero-order valence-electron chi connectivity index (χ0n) is 17.0. The van der Waals surface area contributed by atoms with E-state index in [4.69, 9.17) is 9.47 Å². The van der Waals surface area contributed by atoms with E-state index in [0.29, 0.717) is 36.0 Å². The Kier molecular flexibility index (Phi) is 5.09. The van der Waals surface area contributed by atoms with E-state index in [0.717, 1.165) is 25.0 Å². The maximum atomic E-state index is 14.6. The minimum Gasteiger partial charge on any atom is -0.494 e. The second-order valence-electron chi connectivity index (χ2n) is 7.07. The van der Waals surface area contributed by atoms with Gasteiger partial charge >= 0.3 is 0 Å². The molecule has 1 aliphatic rings. The Labute approximate surface area is 178 Å². The quantitative estimate of drug-likeness (QED) is 0.529. The maximum absolute atomic E-state index is 14.6. The Morgan fingerprint density at radius 2 is 1.97 bits per heavy atom. The van der Waals surface area contributed by atoms with Crippen LogP contribution in [-0.2, 0) is 4.74 Å². The first-order chi connectivity index (χ1) is 15.2. The number of hydrogen-bond acceptors (Lipinski definition) is 7. The summed E-state index contributed by atoms with van der Waals surface area (Å²) in [5.41, 5.74) is 3.17. The number of methoxy groups -OCH3 is 1. The number of imidazole rings is 1. The molecule has 158 valence electrons. The van der Waals surface area contributed by atoms with Gasteiger partial charge in [-0.3, -0.25) is 4.40 Å². The van der Waals surface area contributed by atoms with E-state index in [9.17, 15) is 4.39 Å². The van der Waals surface area contributed by atoms with Crippen LogP contribution < -0.4 is 15.0 Å². The fourth-order valence-electron chi connectivity index (χ4n) is 3.64. The highest BCUT2D eigenvalue weighted by molar-refractivity contribution is 5.69. The summed E-state index contributed by atoms with van der Waals surface area (Å²) < 4.78 is 27.3. The lowest BCUT2D eigenvalue weighted by atomic mass is 10.2. The predicted octanol–water partition coefficient (Wildman–Crippen LogP) is 3.52. The molecule has 1 aliphatic heterocycles. The van der Waals surface area contributed by atoms with Gasteiger partial charge in [0.05, 0.1) is 44.1 Å². The minimum absolute atomic E-state index is 0.167. The lowest BCUT2D eigenvalue weighted by Gasteiger charge is -2.29. The third kappa shape index (κ3) is 3.75. The van der Waals surface area contributed by atoms with Crippen LogP contribution in [0.25, 0.3) is 17.0 Å². The Bertz CT molecular complexity index is 1220. The first kappa shape index (κ1) is 19.3. The first-order valence-corrected chi connectivity index (χ1v) is 9.96. The van der Waals surface area contributed by atoms with E-state index in [-0.39, 0.29) is 11.6 Å². The molecule has 0 saturated carbocycles. The van der Waals surface area contributed by atoms with Crippen molar-refractivity contribution >= 4 is 23.0 Å². The molecule has 0 amide bonds. The van der Waals surface area contributed by atoms with Gasteiger partial charge in [0.1, 0.15) is 17.1 Å². The number of pyridine rings is 1. The zero-order chi connectivity index (χ0) is 21.2. The van der Waals surface area contributed by atoms with Gasteiger partial charge in [0.15, 0.2) is 5.82 Å². The number of rotatable bonds is 5. The molecular weight excluding hydrogens is 399 g/mol. The van der Waals surface area contributed by atoms with Crippen LogP contribution >= 0.6 is 0 Å². The standard InChI is InChI=1S/C22H21FN6O2/c1-30-19-12-15(28-8-10-31-11-9-28)5-6-17(19)26-22-25-13-16(23)21(27-22)18-14-24-20-4-2-3-7-29(18)20/h2-7,12-14H,8-11H2,1H3,(H,25,26,27). The second kappa shape index (κ2) is 8.19. The molecule has 4 heterocycles. The van der Waals surface area contributed by atoms with E-state index < -0.39 is 5.82 Å². The monoisotopic (exact) mass is 420 g/mol. The number of benzene rings is 1. The molecule has 0 aliphatic carbocycles. The van der Waals surface area contributed by atoms with Crippen molar-refractivity contribution in [1.29, 1.82) is 0 Å². The average molecular weight is 420 g/mol. The Hall–Kier alpha value is -3.72. The molecule has 0 spiro atoms. The third-order valence-corrected chi connectivity index (χ3v) is 5.21.